The van der Waals surface area contributed by atoms with Crippen LogP contribution >= 0.6 is 0 Å². The third-order valence-electron chi connectivity index (χ3n) is 5.21. The van der Waals surface area contributed by atoms with Gasteiger partial charge in [-0.2, -0.15) is 0 Å². The van der Waals surface area contributed by atoms with E-state index in [0.717, 1.165) is 25.7 Å². The summed E-state index contributed by atoms with van der Waals surface area (Å²) in [6.45, 7) is 9.15. The Morgan fingerprint density at radius 1 is 1.07 bits per heavy atom. The highest BCUT2D eigenvalue weighted by atomic mass is 19.1. The Labute approximate surface area is 166 Å². The van der Waals surface area contributed by atoms with Gasteiger partial charge in [-0.1, -0.05) is 20.3 Å². The molecule has 156 valence electrons. The number of nitro benzene ring substituents is 1. The molecular weight excluding hydrogens is 363 g/mol. The molecule has 3 rings (SSSR count). The minimum atomic E-state index is -0.605. The Morgan fingerprint density at radius 3 is 2.29 bits per heavy atom. The van der Waals surface area contributed by atoms with Crippen molar-refractivity contribution in [1.29, 1.82) is 0 Å². The van der Waals surface area contributed by atoms with Gasteiger partial charge in [0, 0.05) is 45.2 Å². The van der Waals surface area contributed by atoms with E-state index in [4.69, 9.17) is 0 Å². The molecule has 0 aromatic heterocycles. The van der Waals surface area contributed by atoms with Gasteiger partial charge in [0.25, 0.3) is 5.69 Å². The fourth-order valence-electron chi connectivity index (χ4n) is 3.66. The van der Waals surface area contributed by atoms with E-state index in [1.807, 2.05) is 23.6 Å². The second-order valence-electron chi connectivity index (χ2n) is 6.91. The van der Waals surface area contributed by atoms with Crippen LogP contribution < -0.4 is 4.90 Å². The molecule has 2 saturated heterocycles. The normalized spacial score (nSPS) is 17.7. The van der Waals surface area contributed by atoms with Crippen molar-refractivity contribution in [1.82, 2.24) is 9.80 Å². The van der Waals surface area contributed by atoms with Gasteiger partial charge in [0.1, 0.15) is 0 Å². The summed E-state index contributed by atoms with van der Waals surface area (Å²) < 4.78 is 14.1. The summed E-state index contributed by atoms with van der Waals surface area (Å²) in [6, 6.07) is 3.71. The topological polar surface area (TPSA) is 69.9 Å². The van der Waals surface area contributed by atoms with Gasteiger partial charge < -0.3 is 14.7 Å². The number of piperazine rings is 1. The number of hydrogen-bond donors (Lipinski definition) is 0. The number of halogens is 1. The maximum Gasteiger partial charge on any atom is 0.272 e. The molecule has 28 heavy (non-hydrogen) atoms. The Kier molecular flexibility index (Phi) is 8.63. The minimum absolute atomic E-state index is 0.152. The first-order valence-corrected chi connectivity index (χ1v) is 10.2. The maximum absolute atomic E-state index is 14.1. The number of piperidine rings is 1. The van der Waals surface area contributed by atoms with Crippen LogP contribution in [-0.2, 0) is 4.79 Å². The number of hydrogen-bond acceptors (Lipinski definition) is 5. The second kappa shape index (κ2) is 10.9. The number of non-ortho nitro benzene ring substituents is 1. The van der Waals surface area contributed by atoms with Crippen LogP contribution in [0.2, 0.25) is 0 Å². The van der Waals surface area contributed by atoms with E-state index in [-0.39, 0.29) is 11.6 Å². The Balaban J connectivity index is 0.00000136. The molecule has 0 saturated carbocycles. The lowest BCUT2D eigenvalue weighted by molar-refractivity contribution is -0.385. The van der Waals surface area contributed by atoms with Gasteiger partial charge >= 0.3 is 0 Å². The first-order chi connectivity index (χ1) is 13.5. The lowest BCUT2D eigenvalue weighted by atomic mass is 10.1. The zero-order chi connectivity index (χ0) is 20.5. The molecule has 0 atom stereocenters. The van der Waals surface area contributed by atoms with Crippen molar-refractivity contribution in [2.75, 3.05) is 50.7 Å². The second-order valence-corrected chi connectivity index (χ2v) is 6.91. The summed E-state index contributed by atoms with van der Waals surface area (Å²) in [4.78, 5) is 28.5. The van der Waals surface area contributed by atoms with Crippen molar-refractivity contribution in [3.05, 3.63) is 34.1 Å². The number of anilines is 1. The van der Waals surface area contributed by atoms with Crippen LogP contribution in [0.3, 0.4) is 0 Å². The summed E-state index contributed by atoms with van der Waals surface area (Å²) in [5, 5.41) is 10.7. The first kappa shape index (κ1) is 22.1. The van der Waals surface area contributed by atoms with Crippen LogP contribution in [-0.4, -0.2) is 66.4 Å². The minimum Gasteiger partial charge on any atom is -0.366 e. The van der Waals surface area contributed by atoms with Crippen molar-refractivity contribution < 1.29 is 14.1 Å². The van der Waals surface area contributed by atoms with Crippen LogP contribution in [0.25, 0.3) is 0 Å². The molecule has 7 nitrogen and oxygen atoms in total. The van der Waals surface area contributed by atoms with E-state index in [1.165, 1.54) is 31.4 Å². The number of amides is 1. The van der Waals surface area contributed by atoms with Crippen LogP contribution in [0.1, 0.15) is 39.5 Å². The van der Waals surface area contributed by atoms with Gasteiger partial charge in [-0.15, -0.1) is 0 Å². The largest absolute Gasteiger partial charge is 0.366 e. The first-order valence-electron chi connectivity index (χ1n) is 10.2. The van der Waals surface area contributed by atoms with Gasteiger partial charge in [-0.3, -0.25) is 14.9 Å². The van der Waals surface area contributed by atoms with Crippen molar-refractivity contribution in [2.45, 2.75) is 39.5 Å². The van der Waals surface area contributed by atoms with Crippen LogP contribution in [0.4, 0.5) is 15.8 Å². The monoisotopic (exact) mass is 394 g/mol. The van der Waals surface area contributed by atoms with E-state index >= 15 is 0 Å². The van der Waals surface area contributed by atoms with E-state index in [1.54, 1.807) is 0 Å². The van der Waals surface area contributed by atoms with Gasteiger partial charge in [0.15, 0.2) is 5.82 Å². The van der Waals surface area contributed by atoms with E-state index in [2.05, 4.69) is 4.90 Å². The molecule has 0 N–H and O–H groups in total. The number of rotatable bonds is 5. The SMILES string of the molecule is CC.O=C(CCN1CCCCC1)N1CCN(c2ccc([N+](=O)[O-])cc2F)CC1. The highest BCUT2D eigenvalue weighted by Crippen LogP contribution is 2.25. The highest BCUT2D eigenvalue weighted by Gasteiger charge is 2.24. The molecule has 8 heteroatoms. The number of likely N-dealkylation sites (tertiary alicyclic amines) is 1. The molecule has 0 bridgehead atoms. The third-order valence-corrected chi connectivity index (χ3v) is 5.21. The van der Waals surface area contributed by atoms with E-state index < -0.39 is 10.7 Å². The molecular formula is C20H31FN4O3. The summed E-state index contributed by atoms with van der Waals surface area (Å²) in [7, 11) is 0. The smallest absolute Gasteiger partial charge is 0.272 e. The van der Waals surface area contributed by atoms with Gasteiger partial charge in [0.05, 0.1) is 16.7 Å². The molecule has 0 unspecified atom stereocenters. The summed E-state index contributed by atoms with van der Waals surface area (Å²) in [5.41, 5.74) is 0.105. The van der Waals surface area contributed by atoms with Crippen molar-refractivity contribution in [3.8, 4) is 0 Å². The van der Waals surface area contributed by atoms with Gasteiger partial charge in [0.2, 0.25) is 5.91 Å². The fraction of sp³-hybridized carbons (Fsp3) is 0.650. The predicted octanol–water partition coefficient (Wildman–Crippen LogP) is 3.28. The molecule has 2 aliphatic rings. The number of nitrogens with zero attached hydrogens (tertiary/aromatic N) is 4. The van der Waals surface area contributed by atoms with Crippen LogP contribution in [0.5, 0.6) is 0 Å². The fourth-order valence-corrected chi connectivity index (χ4v) is 3.66. The standard InChI is InChI=1S/C18H25FN4O3.C2H6/c19-16-14-15(23(25)26)4-5-17(16)21-10-12-22(13-11-21)18(24)6-9-20-7-2-1-3-8-20;1-2/h4-5,14H,1-3,6-13H2;1-2H3. The Morgan fingerprint density at radius 2 is 1.71 bits per heavy atom. The van der Waals surface area contributed by atoms with Gasteiger partial charge in [-0.25, -0.2) is 4.39 Å². The predicted molar refractivity (Wildman–Crippen MR) is 108 cm³/mol. The number of nitro groups is 1. The highest BCUT2D eigenvalue weighted by molar-refractivity contribution is 5.76. The quantitative estimate of drug-likeness (QED) is 0.566. The van der Waals surface area contributed by atoms with Crippen molar-refractivity contribution in [3.63, 3.8) is 0 Å². The Bertz CT molecular complexity index is 657. The third kappa shape index (κ3) is 5.89. The molecule has 0 aliphatic carbocycles. The molecule has 2 aliphatic heterocycles. The lowest BCUT2D eigenvalue weighted by Gasteiger charge is -2.36. The summed E-state index contributed by atoms with van der Waals surface area (Å²) in [6.07, 6.45) is 4.25. The van der Waals surface area contributed by atoms with Crippen LogP contribution in [0, 0.1) is 15.9 Å². The molecule has 0 spiro atoms. The average Bonchev–Trinajstić information content (AvgIpc) is 2.74. The zero-order valence-electron chi connectivity index (χ0n) is 16.9. The van der Waals surface area contributed by atoms with Crippen molar-refractivity contribution in [2.24, 2.45) is 0 Å². The average molecular weight is 394 g/mol. The maximum atomic E-state index is 14.1. The number of carbonyl (C=O) groups is 1. The molecule has 2 fully saturated rings. The van der Waals surface area contributed by atoms with Gasteiger partial charge in [-0.05, 0) is 32.0 Å². The lowest BCUT2D eigenvalue weighted by Crippen LogP contribution is -2.49. The molecule has 1 aromatic rings. The van der Waals surface area contributed by atoms with E-state index in [9.17, 15) is 19.3 Å². The molecule has 2 heterocycles. The molecule has 1 aromatic carbocycles. The molecule has 0 radical (unpaired) electrons. The van der Waals surface area contributed by atoms with Crippen LogP contribution in [0.15, 0.2) is 18.2 Å². The molecule has 1 amide bonds. The number of carbonyl (C=O) groups excluding carboxylic acids is 1. The zero-order valence-corrected chi connectivity index (χ0v) is 16.9. The van der Waals surface area contributed by atoms with Crippen molar-refractivity contribution >= 4 is 17.3 Å². The summed E-state index contributed by atoms with van der Waals surface area (Å²) in [5.74, 6) is -0.441. The summed E-state index contributed by atoms with van der Waals surface area (Å²) >= 11 is 0. The number of benzene rings is 1. The van der Waals surface area contributed by atoms with E-state index in [0.29, 0.717) is 38.3 Å². The Hall–Kier alpha value is -2.22.